The van der Waals surface area contributed by atoms with Gasteiger partial charge >= 0.3 is 0 Å². The van der Waals surface area contributed by atoms with E-state index in [1.54, 1.807) is 29.2 Å². The van der Waals surface area contributed by atoms with Gasteiger partial charge in [0.15, 0.2) is 5.16 Å². The average Bonchev–Trinajstić information content (AvgIpc) is 2.72. The first kappa shape index (κ1) is 22.1. The van der Waals surface area contributed by atoms with Crippen LogP contribution in [-0.2, 0) is 4.79 Å². The molecule has 0 atom stereocenters. The van der Waals surface area contributed by atoms with Crippen molar-refractivity contribution in [3.8, 4) is 5.69 Å². The summed E-state index contributed by atoms with van der Waals surface area (Å²) in [6.45, 7) is 8.65. The van der Waals surface area contributed by atoms with Gasteiger partial charge in [-0.05, 0) is 44.2 Å². The number of thioether (sulfide) groups is 1. The lowest BCUT2D eigenvalue weighted by atomic mass is 10.2. The number of carbonyl (C=O) groups is 1. The van der Waals surface area contributed by atoms with E-state index >= 15 is 0 Å². The SMILES string of the molecule is C=C(C)CN(CC)C(=O)CSc1nc2ccccc2c(=O)n1-c1ccc(F)c(Cl)c1. The highest BCUT2D eigenvalue weighted by atomic mass is 35.5. The third kappa shape index (κ3) is 4.74. The Hall–Kier alpha value is -2.64. The van der Waals surface area contributed by atoms with E-state index < -0.39 is 5.82 Å². The van der Waals surface area contributed by atoms with Gasteiger partial charge in [0, 0.05) is 13.1 Å². The highest BCUT2D eigenvalue weighted by Gasteiger charge is 2.18. The molecule has 3 rings (SSSR count). The molecule has 0 fully saturated rings. The summed E-state index contributed by atoms with van der Waals surface area (Å²) in [6, 6.07) is 11.0. The van der Waals surface area contributed by atoms with Crippen molar-refractivity contribution >= 4 is 40.2 Å². The van der Waals surface area contributed by atoms with Crippen molar-refractivity contribution in [1.29, 1.82) is 0 Å². The molecule has 156 valence electrons. The van der Waals surface area contributed by atoms with Crippen LogP contribution >= 0.6 is 23.4 Å². The fourth-order valence-electron chi connectivity index (χ4n) is 2.98. The van der Waals surface area contributed by atoms with Crippen molar-refractivity contribution in [2.24, 2.45) is 0 Å². The molecule has 0 saturated carbocycles. The van der Waals surface area contributed by atoms with Gasteiger partial charge in [-0.1, -0.05) is 47.6 Å². The smallest absolute Gasteiger partial charge is 0.266 e. The molecule has 0 N–H and O–H groups in total. The van der Waals surface area contributed by atoms with E-state index in [-0.39, 0.29) is 22.2 Å². The number of hydrogen-bond donors (Lipinski definition) is 0. The Morgan fingerprint density at radius 3 is 2.70 bits per heavy atom. The zero-order chi connectivity index (χ0) is 21.8. The number of para-hydroxylation sites is 1. The van der Waals surface area contributed by atoms with Gasteiger partial charge in [0.2, 0.25) is 5.91 Å². The number of rotatable bonds is 7. The van der Waals surface area contributed by atoms with Crippen LogP contribution in [0.2, 0.25) is 5.02 Å². The van der Waals surface area contributed by atoms with E-state index in [9.17, 15) is 14.0 Å². The summed E-state index contributed by atoms with van der Waals surface area (Å²) in [6.07, 6.45) is 0. The van der Waals surface area contributed by atoms with Crippen LogP contribution in [0.4, 0.5) is 4.39 Å². The van der Waals surface area contributed by atoms with Crippen LogP contribution in [0.1, 0.15) is 13.8 Å². The molecule has 30 heavy (non-hydrogen) atoms. The summed E-state index contributed by atoms with van der Waals surface area (Å²) in [4.78, 5) is 32.1. The largest absolute Gasteiger partial charge is 0.338 e. The highest BCUT2D eigenvalue weighted by molar-refractivity contribution is 7.99. The fourth-order valence-corrected chi connectivity index (χ4v) is 4.07. The van der Waals surface area contributed by atoms with Gasteiger partial charge in [0.05, 0.1) is 27.4 Å². The topological polar surface area (TPSA) is 55.2 Å². The van der Waals surface area contributed by atoms with Crippen LogP contribution < -0.4 is 5.56 Å². The number of carbonyl (C=O) groups excluding carboxylic acids is 1. The van der Waals surface area contributed by atoms with E-state index in [0.29, 0.717) is 34.8 Å². The fraction of sp³-hybridized carbons (Fsp3) is 0.227. The van der Waals surface area contributed by atoms with Gasteiger partial charge in [0.25, 0.3) is 5.56 Å². The summed E-state index contributed by atoms with van der Waals surface area (Å²) in [5.74, 6) is -0.567. The Morgan fingerprint density at radius 1 is 1.30 bits per heavy atom. The van der Waals surface area contributed by atoms with Crippen LogP contribution in [0.15, 0.2) is 64.6 Å². The first-order valence-corrected chi connectivity index (χ1v) is 10.7. The van der Waals surface area contributed by atoms with Gasteiger partial charge < -0.3 is 4.90 Å². The maximum absolute atomic E-state index is 13.7. The maximum atomic E-state index is 13.7. The predicted octanol–water partition coefficient (Wildman–Crippen LogP) is 4.69. The number of amides is 1. The number of fused-ring (bicyclic) bond motifs is 1. The zero-order valence-corrected chi connectivity index (χ0v) is 18.3. The Bertz CT molecular complexity index is 1180. The molecule has 0 aliphatic rings. The molecule has 0 bridgehead atoms. The van der Waals surface area contributed by atoms with Crippen molar-refractivity contribution in [2.45, 2.75) is 19.0 Å². The summed E-state index contributed by atoms with van der Waals surface area (Å²) in [5.41, 5.74) is 1.48. The van der Waals surface area contributed by atoms with Gasteiger partial charge in [0.1, 0.15) is 5.82 Å². The number of nitrogens with zero attached hydrogens (tertiary/aromatic N) is 3. The van der Waals surface area contributed by atoms with E-state index in [0.717, 1.165) is 17.3 Å². The molecule has 8 heteroatoms. The minimum atomic E-state index is -0.579. The molecule has 1 aromatic heterocycles. The molecule has 0 aliphatic heterocycles. The minimum absolute atomic E-state index is 0.0865. The van der Waals surface area contributed by atoms with Crippen LogP contribution in [-0.4, -0.2) is 39.2 Å². The second-order valence-electron chi connectivity index (χ2n) is 6.80. The molecular weight excluding hydrogens is 425 g/mol. The Labute approximate surface area is 183 Å². The number of likely N-dealkylation sites (N-methyl/N-ethyl adjacent to an activating group) is 1. The van der Waals surface area contributed by atoms with Gasteiger partial charge in [-0.3, -0.25) is 14.2 Å². The lowest BCUT2D eigenvalue weighted by Gasteiger charge is -2.21. The standard InChI is InChI=1S/C22H21ClFN3O2S/c1-4-26(12-14(2)3)20(28)13-30-22-25-19-8-6-5-7-16(19)21(29)27(22)15-9-10-18(24)17(23)11-15/h5-11H,2,4,12-13H2,1,3H3. The number of benzene rings is 2. The van der Waals surface area contributed by atoms with Crippen molar-refractivity contribution in [3.63, 3.8) is 0 Å². The third-order valence-electron chi connectivity index (χ3n) is 4.43. The molecule has 5 nitrogen and oxygen atoms in total. The molecular formula is C22H21ClFN3O2S. The molecule has 0 radical (unpaired) electrons. The normalized spacial score (nSPS) is 10.9. The lowest BCUT2D eigenvalue weighted by molar-refractivity contribution is -0.127. The zero-order valence-electron chi connectivity index (χ0n) is 16.7. The molecule has 3 aromatic rings. The summed E-state index contributed by atoms with van der Waals surface area (Å²) in [7, 11) is 0. The minimum Gasteiger partial charge on any atom is -0.338 e. The summed E-state index contributed by atoms with van der Waals surface area (Å²) < 4.78 is 15.0. The third-order valence-corrected chi connectivity index (χ3v) is 5.64. The van der Waals surface area contributed by atoms with Crippen LogP contribution in [0.5, 0.6) is 0 Å². The van der Waals surface area contributed by atoms with Crippen molar-refractivity contribution < 1.29 is 9.18 Å². The second kappa shape index (κ2) is 9.45. The number of aromatic nitrogens is 2. The highest BCUT2D eigenvalue weighted by Crippen LogP contribution is 2.24. The van der Waals surface area contributed by atoms with Crippen LogP contribution in [0.25, 0.3) is 16.6 Å². The quantitative estimate of drug-likeness (QED) is 0.300. The maximum Gasteiger partial charge on any atom is 0.266 e. The monoisotopic (exact) mass is 445 g/mol. The first-order valence-electron chi connectivity index (χ1n) is 9.34. The average molecular weight is 446 g/mol. The van der Waals surface area contributed by atoms with Gasteiger partial charge in [-0.25, -0.2) is 9.37 Å². The van der Waals surface area contributed by atoms with Crippen molar-refractivity contribution in [1.82, 2.24) is 14.5 Å². The van der Waals surface area contributed by atoms with E-state index in [2.05, 4.69) is 11.6 Å². The molecule has 0 saturated heterocycles. The Balaban J connectivity index is 2.04. The Morgan fingerprint density at radius 2 is 2.03 bits per heavy atom. The molecule has 0 spiro atoms. The summed E-state index contributed by atoms with van der Waals surface area (Å²) >= 11 is 7.09. The van der Waals surface area contributed by atoms with Crippen LogP contribution in [0.3, 0.4) is 0 Å². The summed E-state index contributed by atoms with van der Waals surface area (Å²) in [5, 5.41) is 0.658. The predicted molar refractivity (Wildman–Crippen MR) is 120 cm³/mol. The van der Waals surface area contributed by atoms with Gasteiger partial charge in [-0.2, -0.15) is 0 Å². The molecule has 0 unspecified atom stereocenters. The van der Waals surface area contributed by atoms with Gasteiger partial charge in [-0.15, -0.1) is 0 Å². The van der Waals surface area contributed by atoms with E-state index in [1.807, 2.05) is 13.8 Å². The molecule has 2 aromatic carbocycles. The number of halogens is 2. The van der Waals surface area contributed by atoms with E-state index in [1.165, 1.54) is 22.8 Å². The first-order chi connectivity index (χ1) is 14.3. The number of hydrogen-bond acceptors (Lipinski definition) is 4. The molecule has 0 aliphatic carbocycles. The molecule has 1 heterocycles. The Kier molecular flexibility index (Phi) is 6.95. The lowest BCUT2D eigenvalue weighted by Crippen LogP contribution is -2.33. The second-order valence-corrected chi connectivity index (χ2v) is 8.15. The van der Waals surface area contributed by atoms with Crippen molar-refractivity contribution in [2.75, 3.05) is 18.8 Å². The van der Waals surface area contributed by atoms with Crippen molar-refractivity contribution in [3.05, 3.63) is 75.8 Å². The van der Waals surface area contributed by atoms with Crippen LogP contribution in [0, 0.1) is 5.82 Å². The molecule has 1 amide bonds. The van der Waals surface area contributed by atoms with E-state index in [4.69, 9.17) is 11.6 Å².